The second-order valence-electron chi connectivity index (χ2n) is 3.21. The van der Waals surface area contributed by atoms with E-state index in [1.165, 1.54) is 0 Å². The summed E-state index contributed by atoms with van der Waals surface area (Å²) in [5.74, 6) is 2.56. The fourth-order valence-corrected chi connectivity index (χ4v) is 2.36. The van der Waals surface area contributed by atoms with E-state index in [9.17, 15) is 4.79 Å². The van der Waals surface area contributed by atoms with Crippen LogP contribution in [-0.2, 0) is 11.3 Å². The smallest absolute Gasteiger partial charge is 0.223 e. The summed E-state index contributed by atoms with van der Waals surface area (Å²) in [7, 11) is 1.80. The van der Waals surface area contributed by atoms with Crippen molar-refractivity contribution in [3.63, 3.8) is 0 Å². The largest absolute Gasteiger partial charge is 0.341 e. The van der Waals surface area contributed by atoms with E-state index in [4.69, 9.17) is 6.42 Å². The highest BCUT2D eigenvalue weighted by Gasteiger charge is 2.08. The quantitative estimate of drug-likeness (QED) is 0.779. The number of carbonyl (C=O) groups is 1. The van der Waals surface area contributed by atoms with Gasteiger partial charge in [0.2, 0.25) is 5.91 Å². The van der Waals surface area contributed by atoms with Crippen LogP contribution in [0.25, 0.3) is 0 Å². The van der Waals surface area contributed by atoms with Gasteiger partial charge in [0.1, 0.15) is 0 Å². The van der Waals surface area contributed by atoms with E-state index >= 15 is 0 Å². The first-order chi connectivity index (χ1) is 7.13. The van der Waals surface area contributed by atoms with E-state index in [1.54, 1.807) is 23.3 Å². The number of amides is 1. The van der Waals surface area contributed by atoms with Crippen molar-refractivity contribution in [2.45, 2.75) is 19.4 Å². The Morgan fingerprint density at radius 3 is 3.00 bits per heavy atom. The maximum Gasteiger partial charge on any atom is 0.223 e. The lowest BCUT2D eigenvalue weighted by molar-refractivity contribution is -0.130. The monoisotopic (exact) mass is 285 g/mol. The normalized spacial score (nSPS) is 9.67. The van der Waals surface area contributed by atoms with Gasteiger partial charge in [-0.1, -0.05) is 0 Å². The number of nitrogens with zero attached hydrogens (tertiary/aromatic N) is 1. The number of thiophene rings is 1. The molecule has 1 heterocycles. The number of carbonyl (C=O) groups excluding carboxylic acids is 1. The second kappa shape index (κ2) is 5.94. The SMILES string of the molecule is C#CCCC(=O)N(C)Cc1csc(Br)c1. The van der Waals surface area contributed by atoms with Crippen LogP contribution < -0.4 is 0 Å². The van der Waals surface area contributed by atoms with Crippen LogP contribution in [0.15, 0.2) is 15.2 Å². The van der Waals surface area contributed by atoms with Gasteiger partial charge >= 0.3 is 0 Å². The maximum absolute atomic E-state index is 11.5. The van der Waals surface area contributed by atoms with Crippen molar-refractivity contribution < 1.29 is 4.79 Å². The Morgan fingerprint density at radius 2 is 2.47 bits per heavy atom. The molecule has 0 unspecified atom stereocenters. The molecule has 1 aromatic rings. The summed E-state index contributed by atoms with van der Waals surface area (Å²) in [5.41, 5.74) is 1.14. The lowest BCUT2D eigenvalue weighted by atomic mass is 10.2. The van der Waals surface area contributed by atoms with Gasteiger partial charge in [-0.05, 0) is 32.9 Å². The summed E-state index contributed by atoms with van der Waals surface area (Å²) in [4.78, 5) is 13.2. The van der Waals surface area contributed by atoms with Gasteiger partial charge in [-0.25, -0.2) is 0 Å². The molecule has 0 saturated heterocycles. The molecule has 0 N–H and O–H groups in total. The minimum Gasteiger partial charge on any atom is -0.341 e. The van der Waals surface area contributed by atoms with Gasteiger partial charge < -0.3 is 4.90 Å². The van der Waals surface area contributed by atoms with Crippen LogP contribution in [-0.4, -0.2) is 17.9 Å². The molecule has 0 aliphatic heterocycles. The number of hydrogen-bond acceptors (Lipinski definition) is 2. The van der Waals surface area contributed by atoms with Crippen molar-refractivity contribution in [2.75, 3.05) is 7.05 Å². The van der Waals surface area contributed by atoms with Gasteiger partial charge in [-0.2, -0.15) is 0 Å². The average molecular weight is 286 g/mol. The van der Waals surface area contributed by atoms with Crippen LogP contribution in [0, 0.1) is 12.3 Å². The van der Waals surface area contributed by atoms with E-state index in [0.29, 0.717) is 19.4 Å². The molecule has 15 heavy (non-hydrogen) atoms. The van der Waals surface area contributed by atoms with Crippen LogP contribution in [0.4, 0.5) is 0 Å². The molecule has 0 fully saturated rings. The van der Waals surface area contributed by atoms with Gasteiger partial charge in [-0.15, -0.1) is 23.7 Å². The maximum atomic E-state index is 11.5. The van der Waals surface area contributed by atoms with Gasteiger partial charge in [0.25, 0.3) is 0 Å². The van der Waals surface area contributed by atoms with E-state index in [0.717, 1.165) is 9.35 Å². The van der Waals surface area contributed by atoms with Crippen molar-refractivity contribution >= 4 is 33.2 Å². The molecule has 1 aromatic heterocycles. The van der Waals surface area contributed by atoms with E-state index in [-0.39, 0.29) is 5.91 Å². The highest BCUT2D eigenvalue weighted by Crippen LogP contribution is 2.21. The lowest BCUT2D eigenvalue weighted by Crippen LogP contribution is -2.25. The molecule has 0 aliphatic rings. The van der Waals surface area contributed by atoms with Gasteiger partial charge in [0.15, 0.2) is 0 Å². The van der Waals surface area contributed by atoms with Crippen LogP contribution in [0.5, 0.6) is 0 Å². The van der Waals surface area contributed by atoms with Crippen molar-refractivity contribution in [1.82, 2.24) is 4.90 Å². The number of rotatable bonds is 4. The van der Waals surface area contributed by atoms with Crippen LogP contribution in [0.3, 0.4) is 0 Å². The van der Waals surface area contributed by atoms with Gasteiger partial charge in [0.05, 0.1) is 3.79 Å². The molecule has 80 valence electrons. The lowest BCUT2D eigenvalue weighted by Gasteiger charge is -2.15. The number of hydrogen-bond donors (Lipinski definition) is 0. The second-order valence-corrected chi connectivity index (χ2v) is 5.50. The van der Waals surface area contributed by atoms with Crippen molar-refractivity contribution in [3.8, 4) is 12.3 Å². The highest BCUT2D eigenvalue weighted by atomic mass is 79.9. The predicted molar refractivity (Wildman–Crippen MR) is 66.6 cm³/mol. The topological polar surface area (TPSA) is 20.3 Å². The predicted octanol–water partition coefficient (Wildman–Crippen LogP) is 2.88. The standard InChI is InChI=1S/C11H12BrNOS/c1-3-4-5-11(14)13(2)7-9-6-10(12)15-8-9/h1,6,8H,4-5,7H2,2H3. The van der Waals surface area contributed by atoms with E-state index in [2.05, 4.69) is 21.9 Å². The Kier molecular flexibility index (Phi) is 4.86. The molecular weight excluding hydrogens is 274 g/mol. The fraction of sp³-hybridized carbons (Fsp3) is 0.364. The molecule has 1 rings (SSSR count). The summed E-state index contributed by atoms with van der Waals surface area (Å²) in [5, 5.41) is 2.04. The van der Waals surface area contributed by atoms with Crippen LogP contribution in [0.2, 0.25) is 0 Å². The first kappa shape index (κ1) is 12.3. The summed E-state index contributed by atoms with van der Waals surface area (Å²) >= 11 is 5.01. The Morgan fingerprint density at radius 1 is 1.73 bits per heavy atom. The fourth-order valence-electron chi connectivity index (χ4n) is 1.16. The molecule has 0 atom stereocenters. The zero-order valence-electron chi connectivity index (χ0n) is 8.50. The van der Waals surface area contributed by atoms with Crippen LogP contribution in [0.1, 0.15) is 18.4 Å². The van der Waals surface area contributed by atoms with Crippen molar-refractivity contribution in [1.29, 1.82) is 0 Å². The molecule has 0 aliphatic carbocycles. The molecule has 1 amide bonds. The third kappa shape index (κ3) is 4.06. The minimum atomic E-state index is 0.0928. The minimum absolute atomic E-state index is 0.0928. The summed E-state index contributed by atoms with van der Waals surface area (Å²) in [6.07, 6.45) is 6.05. The van der Waals surface area contributed by atoms with Crippen LogP contribution >= 0.6 is 27.3 Å². The number of terminal acetylenes is 1. The first-order valence-electron chi connectivity index (χ1n) is 4.54. The van der Waals surface area contributed by atoms with Gasteiger partial charge in [0, 0.05) is 26.4 Å². The Bertz CT molecular complexity index is 380. The molecule has 4 heteroatoms. The number of halogens is 1. The molecule has 0 radical (unpaired) electrons. The first-order valence-corrected chi connectivity index (χ1v) is 6.21. The highest BCUT2D eigenvalue weighted by molar-refractivity contribution is 9.11. The van der Waals surface area contributed by atoms with E-state index < -0.39 is 0 Å². The Balaban J connectivity index is 2.45. The molecule has 0 aromatic carbocycles. The summed E-state index contributed by atoms with van der Waals surface area (Å²) in [6.45, 7) is 0.644. The third-order valence-electron chi connectivity index (χ3n) is 1.95. The third-order valence-corrected chi connectivity index (χ3v) is 3.50. The van der Waals surface area contributed by atoms with Crippen molar-refractivity contribution in [2.24, 2.45) is 0 Å². The molecule has 0 saturated carbocycles. The Labute approximate surface area is 102 Å². The van der Waals surface area contributed by atoms with Gasteiger partial charge in [-0.3, -0.25) is 4.79 Å². The summed E-state index contributed by atoms with van der Waals surface area (Å²) in [6, 6.07) is 2.02. The average Bonchev–Trinajstić information content (AvgIpc) is 2.60. The van der Waals surface area contributed by atoms with E-state index in [1.807, 2.05) is 11.4 Å². The molecular formula is C11H12BrNOS. The zero-order valence-corrected chi connectivity index (χ0v) is 10.9. The zero-order chi connectivity index (χ0) is 11.3. The molecule has 0 spiro atoms. The Hall–Kier alpha value is -0.790. The molecule has 2 nitrogen and oxygen atoms in total. The van der Waals surface area contributed by atoms with Crippen molar-refractivity contribution in [3.05, 3.63) is 20.8 Å². The summed E-state index contributed by atoms with van der Waals surface area (Å²) < 4.78 is 1.09. The molecule has 0 bridgehead atoms.